The van der Waals surface area contributed by atoms with Gasteiger partial charge in [-0.05, 0) is 57.6 Å². The number of nitrogens with zero attached hydrogens (tertiary/aromatic N) is 4. The summed E-state index contributed by atoms with van der Waals surface area (Å²) in [5.74, 6) is 1.93. The van der Waals surface area contributed by atoms with Crippen LogP contribution in [0.25, 0.3) is 0 Å². The maximum absolute atomic E-state index is 4.81. The molecule has 30 heavy (non-hydrogen) atoms. The van der Waals surface area contributed by atoms with Gasteiger partial charge in [-0.25, -0.2) is 9.98 Å². The standard InChI is InChI=1S/C22H34N6S.HI/c1-5-23-22(26-17(2)14-20-7-6-18(3)29-20)25-16-19-8-9-24-21(15-19)28-12-10-27(4)11-13-28;/h6-9,15,17H,5,10-14,16H2,1-4H3,(H2,23,25,26);1H. The number of aliphatic imine (C=N–C) groups is 1. The van der Waals surface area contributed by atoms with Crippen molar-refractivity contribution in [1.82, 2.24) is 20.5 Å². The monoisotopic (exact) mass is 542 g/mol. The van der Waals surface area contributed by atoms with E-state index < -0.39 is 0 Å². The molecule has 0 amide bonds. The first-order valence-corrected chi connectivity index (χ1v) is 11.3. The fourth-order valence-corrected chi connectivity index (χ4v) is 4.46. The summed E-state index contributed by atoms with van der Waals surface area (Å²) in [6.45, 7) is 12.2. The number of hydrogen-bond acceptors (Lipinski definition) is 5. The molecular formula is C22H35IN6S. The zero-order chi connectivity index (χ0) is 20.6. The van der Waals surface area contributed by atoms with Crippen LogP contribution >= 0.6 is 35.3 Å². The lowest BCUT2D eigenvalue weighted by molar-refractivity contribution is 0.312. The minimum atomic E-state index is 0. The van der Waals surface area contributed by atoms with E-state index in [0.29, 0.717) is 12.6 Å². The number of halogens is 1. The Labute approximate surface area is 202 Å². The number of nitrogens with one attached hydrogen (secondary N) is 2. The van der Waals surface area contributed by atoms with E-state index in [9.17, 15) is 0 Å². The maximum Gasteiger partial charge on any atom is 0.191 e. The van der Waals surface area contributed by atoms with E-state index in [2.05, 4.69) is 77.5 Å². The fraction of sp³-hybridized carbons (Fsp3) is 0.545. The van der Waals surface area contributed by atoms with Gasteiger partial charge in [0.25, 0.3) is 0 Å². The summed E-state index contributed by atoms with van der Waals surface area (Å²) in [5, 5.41) is 6.91. The summed E-state index contributed by atoms with van der Waals surface area (Å²) < 4.78 is 0. The average molecular weight is 543 g/mol. The van der Waals surface area contributed by atoms with Gasteiger partial charge in [0.05, 0.1) is 6.54 Å². The van der Waals surface area contributed by atoms with Gasteiger partial charge < -0.3 is 20.4 Å². The summed E-state index contributed by atoms with van der Waals surface area (Å²) in [5.41, 5.74) is 1.19. The van der Waals surface area contributed by atoms with Crippen LogP contribution in [0.15, 0.2) is 35.5 Å². The Bertz CT molecular complexity index is 800. The molecule has 0 aromatic carbocycles. The summed E-state index contributed by atoms with van der Waals surface area (Å²) in [7, 11) is 2.17. The van der Waals surface area contributed by atoms with E-state index in [-0.39, 0.29) is 24.0 Å². The van der Waals surface area contributed by atoms with Crippen LogP contribution in [0.1, 0.15) is 29.2 Å². The molecule has 1 fully saturated rings. The van der Waals surface area contributed by atoms with Crippen molar-refractivity contribution in [1.29, 1.82) is 0 Å². The number of aromatic nitrogens is 1. The molecule has 1 aliphatic rings. The first-order valence-electron chi connectivity index (χ1n) is 10.5. The van der Waals surface area contributed by atoms with Crippen molar-refractivity contribution in [3.63, 3.8) is 0 Å². The Morgan fingerprint density at radius 1 is 1.23 bits per heavy atom. The minimum absolute atomic E-state index is 0. The van der Waals surface area contributed by atoms with E-state index in [1.54, 1.807) is 0 Å². The van der Waals surface area contributed by atoms with Gasteiger partial charge in [0.2, 0.25) is 0 Å². The molecular weight excluding hydrogens is 507 g/mol. The lowest BCUT2D eigenvalue weighted by Gasteiger charge is -2.33. The Balaban J connectivity index is 0.00000320. The highest BCUT2D eigenvalue weighted by Crippen LogP contribution is 2.17. The van der Waals surface area contributed by atoms with Crippen molar-refractivity contribution in [3.8, 4) is 0 Å². The number of aryl methyl sites for hydroxylation is 1. The molecule has 3 heterocycles. The lowest BCUT2D eigenvalue weighted by atomic mass is 10.2. The van der Waals surface area contributed by atoms with Gasteiger partial charge in [-0.2, -0.15) is 0 Å². The molecule has 3 rings (SSSR count). The Hall–Kier alpha value is -1.39. The van der Waals surface area contributed by atoms with Crippen LogP contribution in [-0.4, -0.2) is 61.7 Å². The number of rotatable bonds is 7. The summed E-state index contributed by atoms with van der Waals surface area (Å²) >= 11 is 1.87. The second kappa shape index (κ2) is 12.5. The van der Waals surface area contributed by atoms with Crippen molar-refractivity contribution in [2.45, 2.75) is 39.8 Å². The second-order valence-electron chi connectivity index (χ2n) is 7.77. The maximum atomic E-state index is 4.81. The van der Waals surface area contributed by atoms with Crippen molar-refractivity contribution < 1.29 is 0 Å². The van der Waals surface area contributed by atoms with Crippen molar-refractivity contribution in [3.05, 3.63) is 45.8 Å². The van der Waals surface area contributed by atoms with Crippen LogP contribution in [0.2, 0.25) is 0 Å². The number of pyridine rings is 1. The quantitative estimate of drug-likeness (QED) is 0.319. The van der Waals surface area contributed by atoms with Crippen LogP contribution in [-0.2, 0) is 13.0 Å². The van der Waals surface area contributed by atoms with Crippen LogP contribution in [0.3, 0.4) is 0 Å². The average Bonchev–Trinajstić information content (AvgIpc) is 3.11. The van der Waals surface area contributed by atoms with E-state index >= 15 is 0 Å². The predicted molar refractivity (Wildman–Crippen MR) is 140 cm³/mol. The molecule has 2 aromatic heterocycles. The van der Waals surface area contributed by atoms with Crippen LogP contribution < -0.4 is 15.5 Å². The Morgan fingerprint density at radius 3 is 2.67 bits per heavy atom. The molecule has 1 unspecified atom stereocenters. The molecule has 1 atom stereocenters. The highest BCUT2D eigenvalue weighted by Gasteiger charge is 2.15. The molecule has 0 aliphatic carbocycles. The highest BCUT2D eigenvalue weighted by atomic mass is 127. The third-order valence-corrected chi connectivity index (χ3v) is 6.11. The zero-order valence-corrected chi connectivity index (χ0v) is 21.7. The second-order valence-corrected chi connectivity index (χ2v) is 9.14. The summed E-state index contributed by atoms with van der Waals surface area (Å²) in [6, 6.07) is 8.97. The van der Waals surface area contributed by atoms with Crippen molar-refractivity contribution in [2.75, 3.05) is 44.7 Å². The van der Waals surface area contributed by atoms with Gasteiger partial charge in [-0.1, -0.05) is 0 Å². The molecule has 0 bridgehead atoms. The smallest absolute Gasteiger partial charge is 0.191 e. The van der Waals surface area contributed by atoms with E-state index in [1.807, 2.05) is 17.5 Å². The summed E-state index contributed by atoms with van der Waals surface area (Å²) in [4.78, 5) is 16.9. The number of anilines is 1. The molecule has 1 aliphatic heterocycles. The third kappa shape index (κ3) is 7.70. The third-order valence-electron chi connectivity index (χ3n) is 5.09. The minimum Gasteiger partial charge on any atom is -0.357 e. The van der Waals surface area contributed by atoms with E-state index in [0.717, 1.165) is 50.9 Å². The summed E-state index contributed by atoms with van der Waals surface area (Å²) in [6.07, 6.45) is 2.91. The van der Waals surface area contributed by atoms with Gasteiger partial charge in [-0.3, -0.25) is 0 Å². The number of likely N-dealkylation sites (N-methyl/N-ethyl adjacent to an activating group) is 1. The number of hydrogen-bond donors (Lipinski definition) is 2. The molecule has 166 valence electrons. The first-order chi connectivity index (χ1) is 14.0. The van der Waals surface area contributed by atoms with Crippen molar-refractivity contribution >= 4 is 47.1 Å². The number of piperazine rings is 1. The SMILES string of the molecule is CCNC(=NCc1ccnc(N2CCN(C)CC2)c1)NC(C)Cc1ccc(C)s1.I. The van der Waals surface area contributed by atoms with Gasteiger partial charge in [0.15, 0.2) is 5.96 Å². The molecule has 2 N–H and O–H groups in total. The fourth-order valence-electron chi connectivity index (χ4n) is 3.44. The molecule has 0 saturated carbocycles. The largest absolute Gasteiger partial charge is 0.357 e. The lowest BCUT2D eigenvalue weighted by Crippen LogP contribution is -2.44. The van der Waals surface area contributed by atoms with Crippen molar-refractivity contribution in [2.24, 2.45) is 4.99 Å². The zero-order valence-electron chi connectivity index (χ0n) is 18.5. The molecule has 6 nitrogen and oxygen atoms in total. The van der Waals surface area contributed by atoms with Crippen LogP contribution in [0.4, 0.5) is 5.82 Å². The molecule has 8 heteroatoms. The number of guanidine groups is 1. The molecule has 2 aromatic rings. The Kier molecular flexibility index (Phi) is 10.3. The highest BCUT2D eigenvalue weighted by molar-refractivity contribution is 14.0. The Morgan fingerprint density at radius 2 is 2.00 bits per heavy atom. The van der Waals surface area contributed by atoms with Gasteiger partial charge in [0, 0.05) is 61.1 Å². The van der Waals surface area contributed by atoms with Gasteiger partial charge >= 0.3 is 0 Å². The first kappa shape index (κ1) is 24.9. The van der Waals surface area contributed by atoms with Gasteiger partial charge in [-0.15, -0.1) is 35.3 Å². The van der Waals surface area contributed by atoms with Crippen LogP contribution in [0.5, 0.6) is 0 Å². The molecule has 0 radical (unpaired) electrons. The topological polar surface area (TPSA) is 55.8 Å². The molecule has 0 spiro atoms. The van der Waals surface area contributed by atoms with E-state index in [1.165, 1.54) is 15.3 Å². The van der Waals surface area contributed by atoms with E-state index in [4.69, 9.17) is 4.99 Å². The predicted octanol–water partition coefficient (Wildman–Crippen LogP) is 3.51. The number of thiophene rings is 1. The molecule has 1 saturated heterocycles. The van der Waals surface area contributed by atoms with Gasteiger partial charge in [0.1, 0.15) is 5.82 Å². The van der Waals surface area contributed by atoms with Crippen LogP contribution in [0, 0.1) is 6.92 Å². The normalized spacial score (nSPS) is 16.1.